The molecule has 1 fully saturated rings. The first-order valence-electron chi connectivity index (χ1n) is 9.59. The van der Waals surface area contributed by atoms with E-state index in [2.05, 4.69) is 39.5 Å². The van der Waals surface area contributed by atoms with Crippen molar-refractivity contribution in [3.05, 3.63) is 0 Å². The first-order valence-corrected chi connectivity index (χ1v) is 11.5. The number of nitrogens with zero attached hydrogens (tertiary/aromatic N) is 1. The summed E-state index contributed by atoms with van der Waals surface area (Å²) in [4.78, 5) is 2.52. The van der Waals surface area contributed by atoms with Crippen molar-refractivity contribution in [3.63, 3.8) is 0 Å². The quantitative estimate of drug-likeness (QED) is 0.601. The van der Waals surface area contributed by atoms with Gasteiger partial charge in [0.05, 0.1) is 0 Å². The van der Waals surface area contributed by atoms with E-state index in [9.17, 15) is 0 Å². The molecule has 144 valence electrons. The average Bonchev–Trinajstić information content (AvgIpc) is 2.43. The van der Waals surface area contributed by atoms with E-state index < -0.39 is 8.80 Å². The molecule has 2 N–H and O–H groups in total. The van der Waals surface area contributed by atoms with Crippen LogP contribution in [0.4, 0.5) is 0 Å². The monoisotopic (exact) mass is 360 g/mol. The highest BCUT2D eigenvalue weighted by Crippen LogP contribution is 2.40. The van der Waals surface area contributed by atoms with Crippen LogP contribution in [-0.2, 0) is 13.3 Å². The van der Waals surface area contributed by atoms with Crippen LogP contribution in [-0.4, -0.2) is 50.8 Å². The Hall–Kier alpha value is 0.0169. The van der Waals surface area contributed by atoms with Gasteiger partial charge >= 0.3 is 8.80 Å². The highest BCUT2D eigenvalue weighted by molar-refractivity contribution is 6.60. The molecule has 6 heteroatoms. The molecule has 0 bridgehead atoms. The van der Waals surface area contributed by atoms with E-state index in [1.54, 1.807) is 0 Å². The minimum Gasteiger partial charge on any atom is -0.374 e. The molecule has 0 spiro atoms. The summed E-state index contributed by atoms with van der Waals surface area (Å²) in [6.07, 6.45) is 4.45. The predicted octanol–water partition coefficient (Wildman–Crippen LogP) is 3.75. The molecule has 0 aromatic heterocycles. The molecular formula is C18H40N2O3Si. The molecule has 0 radical (unpaired) electrons. The predicted molar refractivity (Wildman–Crippen MR) is 102 cm³/mol. The molecular weight excluding hydrogens is 320 g/mol. The third-order valence-electron chi connectivity index (χ3n) is 5.01. The van der Waals surface area contributed by atoms with Crippen molar-refractivity contribution < 1.29 is 13.3 Å². The van der Waals surface area contributed by atoms with E-state index in [1.807, 2.05) is 13.8 Å². The van der Waals surface area contributed by atoms with Crippen molar-refractivity contribution in [1.29, 1.82) is 0 Å². The van der Waals surface area contributed by atoms with E-state index in [1.165, 1.54) is 19.3 Å². The molecule has 1 aliphatic heterocycles. The van der Waals surface area contributed by atoms with Crippen LogP contribution in [0.15, 0.2) is 0 Å². The summed E-state index contributed by atoms with van der Waals surface area (Å²) in [5.41, 5.74) is 5.94. The molecule has 5 nitrogen and oxygen atoms in total. The second kappa shape index (κ2) is 9.10. The summed E-state index contributed by atoms with van der Waals surface area (Å²) < 4.78 is 18.8. The number of hydrogen-bond donors (Lipinski definition) is 1. The van der Waals surface area contributed by atoms with Gasteiger partial charge in [0.15, 0.2) is 0 Å². The number of nitrogens with two attached hydrogens (primary N) is 1. The first kappa shape index (κ1) is 22.1. The van der Waals surface area contributed by atoms with Crippen LogP contribution in [0, 0.1) is 0 Å². The Morgan fingerprint density at radius 3 is 1.96 bits per heavy atom. The summed E-state index contributed by atoms with van der Waals surface area (Å²) in [6.45, 7) is 17.3. The van der Waals surface area contributed by atoms with Crippen molar-refractivity contribution in [3.8, 4) is 0 Å². The highest BCUT2D eigenvalue weighted by atomic mass is 28.4. The largest absolute Gasteiger partial charge is 0.502 e. The van der Waals surface area contributed by atoms with Crippen LogP contribution in [0.25, 0.3) is 0 Å². The van der Waals surface area contributed by atoms with Gasteiger partial charge in [-0.2, -0.15) is 0 Å². The Kier molecular flexibility index (Phi) is 8.36. The van der Waals surface area contributed by atoms with E-state index in [0.717, 1.165) is 12.5 Å². The summed E-state index contributed by atoms with van der Waals surface area (Å²) >= 11 is 0. The number of likely N-dealkylation sites (tertiary alicyclic amines) is 1. The fourth-order valence-corrected chi connectivity index (χ4v) is 7.15. The van der Waals surface area contributed by atoms with Crippen molar-refractivity contribution in [1.82, 2.24) is 4.90 Å². The van der Waals surface area contributed by atoms with Gasteiger partial charge in [0.1, 0.15) is 6.23 Å². The van der Waals surface area contributed by atoms with Gasteiger partial charge in [-0.1, -0.05) is 0 Å². The third-order valence-corrected chi connectivity index (χ3v) is 8.13. The van der Waals surface area contributed by atoms with E-state index >= 15 is 0 Å². The minimum atomic E-state index is -2.71. The Labute approximate surface area is 150 Å². The lowest BCUT2D eigenvalue weighted by atomic mass is 9.79. The molecule has 0 aliphatic carbocycles. The lowest BCUT2D eigenvalue weighted by Crippen LogP contribution is -2.64. The van der Waals surface area contributed by atoms with Crippen LogP contribution >= 0.6 is 0 Å². The minimum absolute atomic E-state index is 0.0437. The topological polar surface area (TPSA) is 57.0 Å². The van der Waals surface area contributed by atoms with Gasteiger partial charge in [-0.05, 0) is 80.7 Å². The highest BCUT2D eigenvalue weighted by Gasteiger charge is 2.49. The smallest absolute Gasteiger partial charge is 0.374 e. The third kappa shape index (κ3) is 5.51. The van der Waals surface area contributed by atoms with Crippen LogP contribution in [0.5, 0.6) is 0 Å². The van der Waals surface area contributed by atoms with Gasteiger partial charge in [-0.15, -0.1) is 0 Å². The molecule has 1 unspecified atom stereocenters. The number of rotatable bonds is 10. The molecule has 1 heterocycles. The Bertz CT molecular complexity index is 355. The summed E-state index contributed by atoms with van der Waals surface area (Å²) in [7, 11) is -2.71. The zero-order chi connectivity index (χ0) is 18.4. The molecule has 1 atom stereocenters. The van der Waals surface area contributed by atoms with Crippen molar-refractivity contribution in [2.75, 3.05) is 19.8 Å². The van der Waals surface area contributed by atoms with Gasteiger partial charge < -0.3 is 19.0 Å². The standard InChI is InChI=1S/C18H40N2O3Si/c1-8-21-24(22-9-2,15-11-14-19)23-16(3)20-17(4,5)12-10-13-18(20,6)7/h16H,8-15,19H2,1-7H3. The molecule has 0 saturated carbocycles. The van der Waals surface area contributed by atoms with Gasteiger partial charge in [0.2, 0.25) is 0 Å². The zero-order valence-electron chi connectivity index (χ0n) is 17.0. The Morgan fingerprint density at radius 1 is 1.04 bits per heavy atom. The molecule has 0 aromatic carbocycles. The van der Waals surface area contributed by atoms with Crippen molar-refractivity contribution >= 4 is 8.80 Å². The first-order chi connectivity index (χ1) is 11.1. The Balaban J connectivity index is 3.01. The van der Waals surface area contributed by atoms with Gasteiger partial charge in [-0.3, -0.25) is 4.90 Å². The van der Waals surface area contributed by atoms with E-state index in [4.69, 9.17) is 19.0 Å². The van der Waals surface area contributed by atoms with Crippen LogP contribution in [0.3, 0.4) is 0 Å². The molecule has 1 rings (SSSR count). The molecule has 1 saturated heterocycles. The lowest BCUT2D eigenvalue weighted by Gasteiger charge is -2.56. The van der Waals surface area contributed by atoms with Crippen LogP contribution in [0.2, 0.25) is 6.04 Å². The zero-order valence-corrected chi connectivity index (χ0v) is 18.0. The normalized spacial score (nSPS) is 22.5. The fourth-order valence-electron chi connectivity index (χ4n) is 4.38. The maximum Gasteiger partial charge on any atom is 0.502 e. The van der Waals surface area contributed by atoms with E-state index in [-0.39, 0.29) is 17.3 Å². The maximum atomic E-state index is 6.60. The maximum absolute atomic E-state index is 6.60. The molecule has 24 heavy (non-hydrogen) atoms. The van der Waals surface area contributed by atoms with Crippen molar-refractivity contribution in [2.45, 2.75) is 97.5 Å². The average molecular weight is 361 g/mol. The summed E-state index contributed by atoms with van der Waals surface area (Å²) in [6, 6.07) is 0.782. The SMILES string of the molecule is CCO[Si](CCCN)(OCC)OC(C)N1C(C)(C)CCCC1(C)C. The number of hydrogen-bond acceptors (Lipinski definition) is 5. The van der Waals surface area contributed by atoms with Gasteiger partial charge in [-0.25, -0.2) is 0 Å². The van der Waals surface area contributed by atoms with Gasteiger partial charge in [0.25, 0.3) is 0 Å². The fraction of sp³-hybridized carbons (Fsp3) is 1.00. The molecule has 0 amide bonds. The number of piperidine rings is 1. The Morgan fingerprint density at radius 2 is 1.54 bits per heavy atom. The van der Waals surface area contributed by atoms with E-state index in [0.29, 0.717) is 19.8 Å². The van der Waals surface area contributed by atoms with Crippen LogP contribution < -0.4 is 5.73 Å². The van der Waals surface area contributed by atoms with Crippen LogP contribution in [0.1, 0.15) is 74.1 Å². The lowest BCUT2D eigenvalue weighted by molar-refractivity contribution is -0.140. The summed E-state index contributed by atoms with van der Waals surface area (Å²) in [5, 5.41) is 0. The molecule has 1 aliphatic rings. The second-order valence-electron chi connectivity index (χ2n) is 8.01. The second-order valence-corrected chi connectivity index (χ2v) is 10.7. The van der Waals surface area contributed by atoms with Crippen molar-refractivity contribution in [2.24, 2.45) is 5.73 Å². The summed E-state index contributed by atoms with van der Waals surface area (Å²) in [5.74, 6) is 0. The van der Waals surface area contributed by atoms with Gasteiger partial charge in [0, 0.05) is 30.3 Å². The molecule has 0 aromatic rings.